The highest BCUT2D eigenvalue weighted by Gasteiger charge is 2.16. The molecule has 0 aliphatic carbocycles. The number of aromatic hydroxyl groups is 1. The van der Waals surface area contributed by atoms with Crippen molar-refractivity contribution in [1.29, 1.82) is 0 Å². The van der Waals surface area contributed by atoms with E-state index in [9.17, 15) is 9.90 Å². The van der Waals surface area contributed by atoms with Crippen LogP contribution in [0.15, 0.2) is 40.6 Å². The van der Waals surface area contributed by atoms with Crippen LogP contribution in [0, 0.1) is 13.8 Å². The normalized spacial score (nSPS) is 12.8. The van der Waals surface area contributed by atoms with Crippen LogP contribution >= 0.6 is 11.8 Å². The lowest BCUT2D eigenvalue weighted by Gasteiger charge is -2.10. The summed E-state index contributed by atoms with van der Waals surface area (Å²) in [5, 5.41) is 14.0. The molecule has 0 spiro atoms. The molecule has 0 unspecified atom stereocenters. The Morgan fingerprint density at radius 2 is 1.88 bits per heavy atom. The van der Waals surface area contributed by atoms with E-state index < -0.39 is 5.25 Å². The standard InChI is InChI=1S/C17H20N4O2S/c1-10-9-11(2)19-17(18-10)24-13(4)16(23)21-20-12(3)14-7-5-6-8-15(14)22/h5-9,13,22H,1-4H3,(H,21,23)/b20-12-/t13-/m1/s1. The predicted octanol–water partition coefficient (Wildman–Crippen LogP) is 2.82. The smallest absolute Gasteiger partial charge is 0.253 e. The summed E-state index contributed by atoms with van der Waals surface area (Å²) in [6.45, 7) is 7.28. The Balaban J connectivity index is 2.01. The number of nitrogens with one attached hydrogen (secondary N) is 1. The quantitative estimate of drug-likeness (QED) is 0.377. The number of rotatable bonds is 5. The number of phenols is 1. The second-order valence-electron chi connectivity index (χ2n) is 5.38. The summed E-state index contributed by atoms with van der Waals surface area (Å²) in [6, 6.07) is 8.72. The fraction of sp³-hybridized carbons (Fsp3) is 0.294. The van der Waals surface area contributed by atoms with Crippen molar-refractivity contribution in [3.8, 4) is 5.75 Å². The second kappa shape index (κ2) is 7.92. The van der Waals surface area contributed by atoms with Gasteiger partial charge in [0.05, 0.1) is 11.0 Å². The number of carbonyl (C=O) groups excluding carboxylic acids is 1. The third-order valence-corrected chi connectivity index (χ3v) is 4.20. The molecular formula is C17H20N4O2S. The van der Waals surface area contributed by atoms with E-state index in [0.29, 0.717) is 16.4 Å². The van der Waals surface area contributed by atoms with Crippen molar-refractivity contribution in [1.82, 2.24) is 15.4 Å². The van der Waals surface area contributed by atoms with Crippen LogP contribution in [0.4, 0.5) is 0 Å². The van der Waals surface area contributed by atoms with Crippen LogP contribution in [-0.4, -0.2) is 31.9 Å². The zero-order valence-corrected chi connectivity index (χ0v) is 14.9. The van der Waals surface area contributed by atoms with Crippen molar-refractivity contribution < 1.29 is 9.90 Å². The fourth-order valence-corrected chi connectivity index (χ4v) is 2.90. The van der Waals surface area contributed by atoms with Crippen LogP contribution in [0.2, 0.25) is 0 Å². The Morgan fingerprint density at radius 1 is 1.25 bits per heavy atom. The number of para-hydroxylation sites is 1. The molecule has 1 amide bonds. The minimum absolute atomic E-state index is 0.124. The molecular weight excluding hydrogens is 324 g/mol. The zero-order valence-electron chi connectivity index (χ0n) is 14.1. The molecule has 24 heavy (non-hydrogen) atoms. The Hall–Kier alpha value is -2.41. The van der Waals surface area contributed by atoms with Crippen molar-refractivity contribution in [2.45, 2.75) is 38.1 Å². The predicted molar refractivity (Wildman–Crippen MR) is 95.3 cm³/mol. The zero-order chi connectivity index (χ0) is 17.7. The van der Waals surface area contributed by atoms with E-state index in [1.807, 2.05) is 19.9 Å². The largest absolute Gasteiger partial charge is 0.507 e. The van der Waals surface area contributed by atoms with Gasteiger partial charge >= 0.3 is 0 Å². The van der Waals surface area contributed by atoms with Crippen molar-refractivity contribution in [2.75, 3.05) is 0 Å². The van der Waals surface area contributed by atoms with Crippen LogP contribution in [0.3, 0.4) is 0 Å². The summed E-state index contributed by atoms with van der Waals surface area (Å²) >= 11 is 1.28. The summed E-state index contributed by atoms with van der Waals surface area (Å²) in [5.41, 5.74) is 5.36. The summed E-state index contributed by atoms with van der Waals surface area (Å²) in [5.74, 6) is -0.128. The number of nitrogens with zero attached hydrogens (tertiary/aromatic N) is 3. The van der Waals surface area contributed by atoms with Crippen molar-refractivity contribution in [3.05, 3.63) is 47.3 Å². The van der Waals surface area contributed by atoms with Gasteiger partial charge in [0.15, 0.2) is 5.16 Å². The number of carbonyl (C=O) groups is 1. The van der Waals surface area contributed by atoms with Gasteiger partial charge in [0.1, 0.15) is 5.75 Å². The summed E-state index contributed by atoms with van der Waals surface area (Å²) in [7, 11) is 0. The van der Waals surface area contributed by atoms with E-state index in [-0.39, 0.29) is 11.7 Å². The number of thioether (sulfide) groups is 1. The number of benzene rings is 1. The lowest BCUT2D eigenvalue weighted by atomic mass is 10.1. The minimum Gasteiger partial charge on any atom is -0.507 e. The maximum atomic E-state index is 12.2. The molecule has 1 aromatic heterocycles. The van der Waals surface area contributed by atoms with Gasteiger partial charge in [-0.05, 0) is 45.9 Å². The molecule has 0 bridgehead atoms. The van der Waals surface area contributed by atoms with E-state index >= 15 is 0 Å². The summed E-state index contributed by atoms with van der Waals surface area (Å²) in [6.07, 6.45) is 0. The molecule has 0 fully saturated rings. The molecule has 1 atom stereocenters. The van der Waals surface area contributed by atoms with Crippen LogP contribution in [0.5, 0.6) is 5.75 Å². The Morgan fingerprint density at radius 3 is 2.50 bits per heavy atom. The number of hydrogen-bond donors (Lipinski definition) is 2. The van der Waals surface area contributed by atoms with Gasteiger partial charge in [0.25, 0.3) is 5.91 Å². The van der Waals surface area contributed by atoms with Crippen LogP contribution in [0.25, 0.3) is 0 Å². The Bertz CT molecular complexity index is 757. The third kappa shape index (κ3) is 4.79. The lowest BCUT2D eigenvalue weighted by molar-refractivity contribution is -0.120. The molecule has 1 heterocycles. The highest BCUT2D eigenvalue weighted by atomic mass is 32.2. The first kappa shape index (κ1) is 17.9. The Labute approximate surface area is 145 Å². The second-order valence-corrected chi connectivity index (χ2v) is 6.69. The van der Waals surface area contributed by atoms with Gasteiger partial charge in [-0.3, -0.25) is 4.79 Å². The molecule has 0 saturated carbocycles. The molecule has 2 N–H and O–H groups in total. The van der Waals surface area contributed by atoms with E-state index in [0.717, 1.165) is 11.4 Å². The summed E-state index contributed by atoms with van der Waals surface area (Å²) < 4.78 is 0. The van der Waals surface area contributed by atoms with E-state index in [2.05, 4.69) is 20.5 Å². The lowest BCUT2D eigenvalue weighted by Crippen LogP contribution is -2.28. The number of phenolic OH excluding ortho intramolecular Hbond substituents is 1. The van der Waals surface area contributed by atoms with Crippen molar-refractivity contribution >= 4 is 23.4 Å². The van der Waals surface area contributed by atoms with E-state index in [1.54, 1.807) is 38.1 Å². The minimum atomic E-state index is -0.396. The van der Waals surface area contributed by atoms with Crippen molar-refractivity contribution in [2.24, 2.45) is 5.10 Å². The molecule has 0 radical (unpaired) electrons. The van der Waals surface area contributed by atoms with Gasteiger partial charge in [0, 0.05) is 17.0 Å². The van der Waals surface area contributed by atoms with Crippen molar-refractivity contribution in [3.63, 3.8) is 0 Å². The average molecular weight is 344 g/mol. The molecule has 0 saturated heterocycles. The number of hydrazone groups is 1. The highest BCUT2D eigenvalue weighted by molar-refractivity contribution is 8.00. The molecule has 6 nitrogen and oxygen atoms in total. The number of hydrogen-bond acceptors (Lipinski definition) is 6. The summed E-state index contributed by atoms with van der Waals surface area (Å²) in [4.78, 5) is 20.8. The molecule has 0 aliphatic heterocycles. The van der Waals surface area contributed by atoms with Gasteiger partial charge < -0.3 is 5.11 Å². The molecule has 2 rings (SSSR count). The van der Waals surface area contributed by atoms with Gasteiger partial charge in [-0.1, -0.05) is 23.9 Å². The molecule has 126 valence electrons. The molecule has 2 aromatic rings. The monoisotopic (exact) mass is 344 g/mol. The Kier molecular flexibility index (Phi) is 5.92. The first-order valence-electron chi connectivity index (χ1n) is 7.48. The number of amides is 1. The molecule has 7 heteroatoms. The maximum absolute atomic E-state index is 12.2. The number of aryl methyl sites for hydroxylation is 2. The molecule has 0 aliphatic rings. The first-order chi connectivity index (χ1) is 11.4. The maximum Gasteiger partial charge on any atom is 0.253 e. The first-order valence-corrected chi connectivity index (χ1v) is 8.36. The topological polar surface area (TPSA) is 87.5 Å². The van der Waals surface area contributed by atoms with Crippen LogP contribution in [0.1, 0.15) is 30.8 Å². The van der Waals surface area contributed by atoms with E-state index in [1.165, 1.54) is 11.8 Å². The van der Waals surface area contributed by atoms with Gasteiger partial charge in [0.2, 0.25) is 0 Å². The van der Waals surface area contributed by atoms with Gasteiger partial charge in [-0.15, -0.1) is 0 Å². The van der Waals surface area contributed by atoms with Gasteiger partial charge in [-0.2, -0.15) is 5.10 Å². The van der Waals surface area contributed by atoms with Gasteiger partial charge in [-0.25, -0.2) is 15.4 Å². The highest BCUT2D eigenvalue weighted by Crippen LogP contribution is 2.20. The van der Waals surface area contributed by atoms with Crippen LogP contribution in [-0.2, 0) is 4.79 Å². The van der Waals surface area contributed by atoms with E-state index in [4.69, 9.17) is 0 Å². The SMILES string of the molecule is C/C(=N/NC(=O)[C@@H](C)Sc1nc(C)cc(C)n1)c1ccccc1O. The molecule has 1 aromatic carbocycles. The average Bonchev–Trinajstić information content (AvgIpc) is 2.51. The fourth-order valence-electron chi connectivity index (χ4n) is 2.03. The van der Waals surface area contributed by atoms with Crippen LogP contribution < -0.4 is 5.43 Å². The third-order valence-electron chi connectivity index (χ3n) is 3.24. The number of aromatic nitrogens is 2.